The Balaban J connectivity index is 2.09. The largest absolute Gasteiger partial charge is 0.496 e. The molecule has 4 nitrogen and oxygen atoms in total. The zero-order valence-electron chi connectivity index (χ0n) is 11.6. The molecule has 1 heterocycles. The third-order valence-corrected chi connectivity index (χ3v) is 3.03. The maximum Gasteiger partial charge on any atom is 0.144 e. The van der Waals surface area contributed by atoms with E-state index in [1.807, 2.05) is 24.3 Å². The first-order chi connectivity index (χ1) is 9.74. The predicted molar refractivity (Wildman–Crippen MR) is 78.7 cm³/mol. The van der Waals surface area contributed by atoms with Crippen molar-refractivity contribution < 1.29 is 4.74 Å². The monoisotopic (exact) mass is 267 g/mol. The van der Waals surface area contributed by atoms with Gasteiger partial charge in [0.05, 0.1) is 12.7 Å². The van der Waals surface area contributed by atoms with Gasteiger partial charge in [0.1, 0.15) is 17.6 Å². The van der Waals surface area contributed by atoms with Crippen LogP contribution < -0.4 is 10.1 Å². The molecule has 0 aliphatic carbocycles. The van der Waals surface area contributed by atoms with Gasteiger partial charge in [0.15, 0.2) is 0 Å². The highest BCUT2D eigenvalue weighted by atomic mass is 16.5. The van der Waals surface area contributed by atoms with Crippen molar-refractivity contribution in [1.82, 2.24) is 4.98 Å². The number of pyridine rings is 1. The fourth-order valence-electron chi connectivity index (χ4n) is 2.10. The van der Waals surface area contributed by atoms with Crippen LogP contribution in [0.2, 0.25) is 0 Å². The number of nitrogens with zero attached hydrogens (tertiary/aromatic N) is 2. The zero-order valence-corrected chi connectivity index (χ0v) is 11.6. The van der Waals surface area contributed by atoms with E-state index in [-0.39, 0.29) is 6.04 Å². The van der Waals surface area contributed by atoms with Crippen LogP contribution in [0.25, 0.3) is 0 Å². The minimum absolute atomic E-state index is 0.147. The molecule has 0 aliphatic rings. The number of rotatable bonds is 5. The lowest BCUT2D eigenvalue weighted by atomic mass is 10.1. The Morgan fingerprint density at radius 2 is 2.10 bits per heavy atom. The fourth-order valence-corrected chi connectivity index (χ4v) is 2.10. The molecule has 0 aliphatic heterocycles. The van der Waals surface area contributed by atoms with Crippen molar-refractivity contribution in [3.8, 4) is 11.8 Å². The van der Waals surface area contributed by atoms with Gasteiger partial charge in [0.25, 0.3) is 0 Å². The normalized spacial score (nSPS) is 11.4. The zero-order chi connectivity index (χ0) is 14.4. The second-order valence-corrected chi connectivity index (χ2v) is 4.57. The average Bonchev–Trinajstić information content (AvgIpc) is 2.48. The summed E-state index contributed by atoms with van der Waals surface area (Å²) in [5.74, 6) is 1.50. The summed E-state index contributed by atoms with van der Waals surface area (Å²) >= 11 is 0. The smallest absolute Gasteiger partial charge is 0.144 e. The highest BCUT2D eigenvalue weighted by molar-refractivity contribution is 5.52. The quantitative estimate of drug-likeness (QED) is 0.904. The number of ether oxygens (including phenoxy) is 1. The Kier molecular flexibility index (Phi) is 4.56. The first kappa shape index (κ1) is 13.9. The van der Waals surface area contributed by atoms with Crippen LogP contribution in [-0.4, -0.2) is 18.1 Å². The first-order valence-electron chi connectivity index (χ1n) is 6.48. The second-order valence-electron chi connectivity index (χ2n) is 4.57. The Bertz CT molecular complexity index is 619. The summed E-state index contributed by atoms with van der Waals surface area (Å²) in [7, 11) is 1.67. The van der Waals surface area contributed by atoms with Gasteiger partial charge in [0.2, 0.25) is 0 Å². The van der Waals surface area contributed by atoms with Crippen molar-refractivity contribution in [3.63, 3.8) is 0 Å². The van der Waals surface area contributed by atoms with Crippen LogP contribution >= 0.6 is 0 Å². The van der Waals surface area contributed by atoms with Crippen molar-refractivity contribution in [2.75, 3.05) is 12.4 Å². The molecule has 0 spiro atoms. The van der Waals surface area contributed by atoms with Crippen molar-refractivity contribution in [2.24, 2.45) is 0 Å². The first-order valence-corrected chi connectivity index (χ1v) is 6.48. The molecule has 0 fully saturated rings. The molecular weight excluding hydrogens is 250 g/mol. The highest BCUT2D eigenvalue weighted by Gasteiger charge is 2.10. The lowest BCUT2D eigenvalue weighted by Crippen LogP contribution is -2.20. The third kappa shape index (κ3) is 3.27. The lowest BCUT2D eigenvalue weighted by Gasteiger charge is -2.16. The Morgan fingerprint density at radius 1 is 1.30 bits per heavy atom. The molecule has 1 aromatic heterocycles. The van der Waals surface area contributed by atoms with E-state index >= 15 is 0 Å². The molecule has 1 aromatic carbocycles. The van der Waals surface area contributed by atoms with Gasteiger partial charge in [-0.2, -0.15) is 5.26 Å². The van der Waals surface area contributed by atoms with Gasteiger partial charge in [-0.25, -0.2) is 4.98 Å². The lowest BCUT2D eigenvalue weighted by molar-refractivity contribution is 0.409. The van der Waals surface area contributed by atoms with E-state index < -0.39 is 0 Å². The van der Waals surface area contributed by atoms with Gasteiger partial charge in [-0.3, -0.25) is 0 Å². The summed E-state index contributed by atoms with van der Waals surface area (Å²) in [6.45, 7) is 2.06. The summed E-state index contributed by atoms with van der Waals surface area (Å²) in [5.41, 5.74) is 1.68. The van der Waals surface area contributed by atoms with E-state index in [0.717, 1.165) is 17.7 Å². The topological polar surface area (TPSA) is 57.9 Å². The molecule has 0 radical (unpaired) electrons. The number of nitriles is 1. The Hall–Kier alpha value is -2.54. The number of methoxy groups -OCH3 is 1. The molecule has 2 aromatic rings. The van der Waals surface area contributed by atoms with Crippen LogP contribution in [0.3, 0.4) is 0 Å². The predicted octanol–water partition coefficient (Wildman–Crippen LogP) is 3.00. The average molecular weight is 267 g/mol. The maximum atomic E-state index is 9.05. The number of para-hydroxylation sites is 1. The Labute approximate surface area is 119 Å². The van der Waals surface area contributed by atoms with E-state index in [9.17, 15) is 0 Å². The number of nitrogens with one attached hydrogen (secondary N) is 1. The highest BCUT2D eigenvalue weighted by Crippen LogP contribution is 2.20. The minimum atomic E-state index is 0.147. The van der Waals surface area contributed by atoms with Crippen LogP contribution in [-0.2, 0) is 6.42 Å². The van der Waals surface area contributed by atoms with Crippen molar-refractivity contribution in [2.45, 2.75) is 19.4 Å². The SMILES string of the molecule is COc1ccccc1CC(C)Nc1ncccc1C#N. The molecule has 0 bridgehead atoms. The van der Waals surface area contributed by atoms with E-state index in [0.29, 0.717) is 11.4 Å². The van der Waals surface area contributed by atoms with E-state index in [4.69, 9.17) is 10.00 Å². The summed E-state index contributed by atoms with van der Waals surface area (Å²) in [6.07, 6.45) is 2.48. The van der Waals surface area contributed by atoms with Gasteiger partial charge in [0, 0.05) is 12.2 Å². The van der Waals surface area contributed by atoms with Crippen molar-refractivity contribution >= 4 is 5.82 Å². The fraction of sp³-hybridized carbons (Fsp3) is 0.250. The molecule has 1 atom stereocenters. The maximum absolute atomic E-state index is 9.05. The molecule has 4 heteroatoms. The molecule has 0 amide bonds. The van der Waals surface area contributed by atoms with Gasteiger partial charge in [-0.15, -0.1) is 0 Å². The van der Waals surface area contributed by atoms with E-state index in [1.54, 1.807) is 25.4 Å². The molecule has 0 saturated heterocycles. The molecule has 0 saturated carbocycles. The van der Waals surface area contributed by atoms with Crippen LogP contribution in [0, 0.1) is 11.3 Å². The van der Waals surface area contributed by atoms with Crippen LogP contribution in [0.15, 0.2) is 42.6 Å². The van der Waals surface area contributed by atoms with Crippen LogP contribution in [0.4, 0.5) is 5.82 Å². The summed E-state index contributed by atoms with van der Waals surface area (Å²) in [6, 6.07) is 13.7. The summed E-state index contributed by atoms with van der Waals surface area (Å²) in [5, 5.41) is 12.3. The number of anilines is 1. The third-order valence-electron chi connectivity index (χ3n) is 3.03. The standard InChI is InChI=1S/C16H17N3O/c1-12(10-13-6-3-4-8-15(13)20-2)19-16-14(11-17)7-5-9-18-16/h3-9,12H,10H2,1-2H3,(H,18,19). The Morgan fingerprint density at radius 3 is 2.85 bits per heavy atom. The van der Waals surface area contributed by atoms with Gasteiger partial charge < -0.3 is 10.1 Å². The molecule has 1 N–H and O–H groups in total. The number of aromatic nitrogens is 1. The van der Waals surface area contributed by atoms with Gasteiger partial charge in [-0.1, -0.05) is 18.2 Å². The molecular formula is C16H17N3O. The van der Waals surface area contributed by atoms with Crippen LogP contribution in [0.1, 0.15) is 18.1 Å². The van der Waals surface area contributed by atoms with Gasteiger partial charge >= 0.3 is 0 Å². The van der Waals surface area contributed by atoms with Crippen LogP contribution in [0.5, 0.6) is 5.75 Å². The molecule has 20 heavy (non-hydrogen) atoms. The van der Waals surface area contributed by atoms with E-state index in [2.05, 4.69) is 23.3 Å². The minimum Gasteiger partial charge on any atom is -0.496 e. The number of hydrogen-bond acceptors (Lipinski definition) is 4. The van der Waals surface area contributed by atoms with Gasteiger partial charge in [-0.05, 0) is 37.1 Å². The second kappa shape index (κ2) is 6.58. The number of hydrogen-bond donors (Lipinski definition) is 1. The molecule has 2 rings (SSSR count). The summed E-state index contributed by atoms with van der Waals surface area (Å²) in [4.78, 5) is 4.21. The molecule has 1 unspecified atom stereocenters. The van der Waals surface area contributed by atoms with Crippen molar-refractivity contribution in [1.29, 1.82) is 5.26 Å². The molecule has 102 valence electrons. The summed E-state index contributed by atoms with van der Waals surface area (Å²) < 4.78 is 5.35. The van der Waals surface area contributed by atoms with Crippen molar-refractivity contribution in [3.05, 3.63) is 53.7 Å². The van der Waals surface area contributed by atoms with E-state index in [1.165, 1.54) is 0 Å². The number of benzene rings is 1.